The van der Waals surface area contributed by atoms with Crippen molar-refractivity contribution in [3.05, 3.63) is 11.1 Å². The van der Waals surface area contributed by atoms with Gasteiger partial charge in [-0.2, -0.15) is 0 Å². The SMILES string of the molecule is NC(=O)Cc1csc(N2CC(F)(F)C2)n1. The zero-order valence-corrected chi connectivity index (χ0v) is 8.56. The second-order valence-corrected chi connectivity index (χ2v) is 4.31. The van der Waals surface area contributed by atoms with Gasteiger partial charge in [-0.05, 0) is 0 Å². The summed E-state index contributed by atoms with van der Waals surface area (Å²) in [5, 5.41) is 2.19. The van der Waals surface area contributed by atoms with Crippen molar-refractivity contribution in [2.24, 2.45) is 5.73 Å². The molecule has 1 fully saturated rings. The van der Waals surface area contributed by atoms with Crippen molar-refractivity contribution >= 4 is 22.4 Å². The van der Waals surface area contributed by atoms with Crippen LogP contribution in [0.3, 0.4) is 0 Å². The van der Waals surface area contributed by atoms with Gasteiger partial charge in [0.2, 0.25) is 5.91 Å². The number of hydrogen-bond donors (Lipinski definition) is 1. The lowest BCUT2D eigenvalue weighted by atomic mass is 10.2. The maximum atomic E-state index is 12.6. The van der Waals surface area contributed by atoms with Crippen molar-refractivity contribution < 1.29 is 13.6 Å². The molecule has 0 spiro atoms. The standard InChI is InChI=1S/C8H9F2N3OS/c9-8(10)3-13(4-8)7-12-5(2-15-7)1-6(11)14/h2H,1,3-4H2,(H2,11,14). The molecule has 0 radical (unpaired) electrons. The molecule has 1 aliphatic rings. The Hall–Kier alpha value is -1.24. The first kappa shape index (κ1) is 10.3. The number of carbonyl (C=O) groups excluding carboxylic acids is 1. The highest BCUT2D eigenvalue weighted by atomic mass is 32.1. The van der Waals surface area contributed by atoms with Gasteiger partial charge in [-0.1, -0.05) is 0 Å². The molecule has 1 aromatic heterocycles. The summed E-state index contributed by atoms with van der Waals surface area (Å²) >= 11 is 1.25. The number of halogens is 2. The fourth-order valence-corrected chi connectivity index (χ4v) is 2.17. The van der Waals surface area contributed by atoms with Gasteiger partial charge >= 0.3 is 0 Å². The smallest absolute Gasteiger partial charge is 0.282 e. The van der Waals surface area contributed by atoms with Crippen molar-refractivity contribution in [1.82, 2.24) is 4.98 Å². The summed E-state index contributed by atoms with van der Waals surface area (Å²) in [7, 11) is 0. The first-order valence-electron chi connectivity index (χ1n) is 4.32. The number of aromatic nitrogens is 1. The molecule has 82 valence electrons. The molecule has 0 aromatic carbocycles. The number of carbonyl (C=O) groups is 1. The Labute approximate surface area is 88.7 Å². The van der Waals surface area contributed by atoms with Crippen molar-refractivity contribution in [3.63, 3.8) is 0 Å². The van der Waals surface area contributed by atoms with Crippen LogP contribution in [0.25, 0.3) is 0 Å². The molecule has 1 amide bonds. The van der Waals surface area contributed by atoms with E-state index < -0.39 is 11.8 Å². The molecular formula is C8H9F2N3OS. The average Bonchev–Trinajstić information content (AvgIpc) is 2.47. The second kappa shape index (κ2) is 3.41. The second-order valence-electron chi connectivity index (χ2n) is 3.48. The van der Waals surface area contributed by atoms with Crippen LogP contribution in [0, 0.1) is 0 Å². The third-order valence-corrected chi connectivity index (χ3v) is 2.96. The van der Waals surface area contributed by atoms with Crippen LogP contribution < -0.4 is 10.6 Å². The van der Waals surface area contributed by atoms with Gasteiger partial charge in [0.1, 0.15) is 0 Å². The van der Waals surface area contributed by atoms with Gasteiger partial charge in [-0.25, -0.2) is 13.8 Å². The molecule has 7 heteroatoms. The molecule has 1 aliphatic heterocycles. The predicted molar refractivity (Wildman–Crippen MR) is 52.2 cm³/mol. The summed E-state index contributed by atoms with van der Waals surface area (Å²) in [6, 6.07) is 0. The van der Waals surface area contributed by atoms with E-state index in [2.05, 4.69) is 4.98 Å². The lowest BCUT2D eigenvalue weighted by molar-refractivity contribution is -0.117. The van der Waals surface area contributed by atoms with E-state index in [-0.39, 0.29) is 19.5 Å². The van der Waals surface area contributed by atoms with Gasteiger partial charge in [-0.15, -0.1) is 11.3 Å². The Morgan fingerprint density at radius 3 is 2.87 bits per heavy atom. The van der Waals surface area contributed by atoms with E-state index in [0.717, 1.165) is 0 Å². The minimum absolute atomic E-state index is 0.0563. The van der Waals surface area contributed by atoms with E-state index >= 15 is 0 Å². The molecule has 0 aliphatic carbocycles. The minimum atomic E-state index is -2.60. The first-order chi connectivity index (χ1) is 6.96. The number of nitrogens with zero attached hydrogens (tertiary/aromatic N) is 2. The summed E-state index contributed by atoms with van der Waals surface area (Å²) in [6.45, 7) is -0.590. The minimum Gasteiger partial charge on any atom is -0.369 e. The van der Waals surface area contributed by atoms with Gasteiger partial charge in [0.25, 0.3) is 5.92 Å². The molecular weight excluding hydrogens is 224 g/mol. The fourth-order valence-electron chi connectivity index (χ4n) is 1.35. The van der Waals surface area contributed by atoms with Crippen LogP contribution in [0.15, 0.2) is 5.38 Å². The van der Waals surface area contributed by atoms with Crippen LogP contribution in [-0.2, 0) is 11.2 Å². The number of alkyl halides is 2. The Kier molecular flexibility index (Phi) is 2.34. The van der Waals surface area contributed by atoms with E-state index in [4.69, 9.17) is 5.73 Å². The molecule has 1 saturated heterocycles. The van der Waals surface area contributed by atoms with Crippen LogP contribution in [-0.4, -0.2) is 29.9 Å². The first-order valence-corrected chi connectivity index (χ1v) is 5.20. The van der Waals surface area contributed by atoms with Crippen LogP contribution >= 0.6 is 11.3 Å². The summed E-state index contributed by atoms with van der Waals surface area (Å²) in [5.74, 6) is -3.07. The molecule has 0 unspecified atom stereocenters. The molecule has 4 nitrogen and oxygen atoms in total. The number of primary amides is 1. The number of rotatable bonds is 3. The highest BCUT2D eigenvalue weighted by Crippen LogP contribution is 2.33. The van der Waals surface area contributed by atoms with E-state index in [9.17, 15) is 13.6 Å². The Morgan fingerprint density at radius 1 is 1.67 bits per heavy atom. The van der Waals surface area contributed by atoms with Crippen LogP contribution in [0.1, 0.15) is 5.69 Å². The van der Waals surface area contributed by atoms with Crippen molar-refractivity contribution in [2.75, 3.05) is 18.0 Å². The number of nitrogens with two attached hydrogens (primary N) is 1. The lowest BCUT2D eigenvalue weighted by Gasteiger charge is -2.38. The maximum absolute atomic E-state index is 12.6. The molecule has 0 saturated carbocycles. The molecule has 2 rings (SSSR count). The van der Waals surface area contributed by atoms with Crippen LogP contribution in [0.2, 0.25) is 0 Å². The van der Waals surface area contributed by atoms with E-state index in [1.165, 1.54) is 16.2 Å². The molecule has 2 heterocycles. The Morgan fingerprint density at radius 2 is 2.33 bits per heavy atom. The highest BCUT2D eigenvalue weighted by Gasteiger charge is 2.45. The quantitative estimate of drug-likeness (QED) is 0.832. The molecule has 2 N–H and O–H groups in total. The molecule has 15 heavy (non-hydrogen) atoms. The third kappa shape index (κ3) is 2.23. The number of amides is 1. The third-order valence-electron chi connectivity index (χ3n) is 2.01. The zero-order valence-electron chi connectivity index (χ0n) is 7.74. The summed E-state index contributed by atoms with van der Waals surface area (Å²) in [4.78, 5) is 16.1. The number of thiazole rings is 1. The van der Waals surface area contributed by atoms with E-state index in [0.29, 0.717) is 10.8 Å². The molecule has 0 bridgehead atoms. The van der Waals surface area contributed by atoms with E-state index in [1.54, 1.807) is 5.38 Å². The fraction of sp³-hybridized carbons (Fsp3) is 0.500. The molecule has 0 atom stereocenters. The van der Waals surface area contributed by atoms with Gasteiger partial charge < -0.3 is 10.6 Å². The lowest BCUT2D eigenvalue weighted by Crippen LogP contribution is -2.56. The van der Waals surface area contributed by atoms with Gasteiger partial charge in [0.15, 0.2) is 5.13 Å². The summed E-state index contributed by atoms with van der Waals surface area (Å²) in [5.41, 5.74) is 5.53. The zero-order chi connectivity index (χ0) is 11.1. The van der Waals surface area contributed by atoms with E-state index in [1.807, 2.05) is 0 Å². The highest BCUT2D eigenvalue weighted by molar-refractivity contribution is 7.13. The topological polar surface area (TPSA) is 59.2 Å². The Balaban J connectivity index is 1.99. The van der Waals surface area contributed by atoms with Crippen molar-refractivity contribution in [1.29, 1.82) is 0 Å². The van der Waals surface area contributed by atoms with Crippen LogP contribution in [0.5, 0.6) is 0 Å². The van der Waals surface area contributed by atoms with Gasteiger partial charge in [-0.3, -0.25) is 4.79 Å². The van der Waals surface area contributed by atoms with Crippen molar-refractivity contribution in [3.8, 4) is 0 Å². The largest absolute Gasteiger partial charge is 0.369 e. The van der Waals surface area contributed by atoms with Gasteiger partial charge in [0.05, 0.1) is 25.2 Å². The van der Waals surface area contributed by atoms with Gasteiger partial charge in [0, 0.05) is 5.38 Å². The average molecular weight is 233 g/mol. The normalized spacial score (nSPS) is 18.7. The monoisotopic (exact) mass is 233 g/mol. The Bertz CT molecular complexity index is 385. The molecule has 1 aromatic rings. The summed E-state index contributed by atoms with van der Waals surface area (Å²) < 4.78 is 25.1. The number of hydrogen-bond acceptors (Lipinski definition) is 4. The maximum Gasteiger partial charge on any atom is 0.282 e. The predicted octanol–water partition coefficient (Wildman–Crippen LogP) is 0.626. The van der Waals surface area contributed by atoms with Crippen molar-refractivity contribution in [2.45, 2.75) is 12.3 Å². The summed E-state index contributed by atoms with van der Waals surface area (Å²) in [6.07, 6.45) is 0.0563. The van der Waals surface area contributed by atoms with Crippen LogP contribution in [0.4, 0.5) is 13.9 Å². The number of anilines is 1.